The predicted octanol–water partition coefficient (Wildman–Crippen LogP) is 0.266. The van der Waals surface area contributed by atoms with E-state index >= 15 is 0 Å². The zero-order chi connectivity index (χ0) is 18.0. The van der Waals surface area contributed by atoms with Gasteiger partial charge in [0.25, 0.3) is 10.2 Å². The molecule has 1 aromatic carbocycles. The third-order valence-electron chi connectivity index (χ3n) is 4.22. The van der Waals surface area contributed by atoms with Crippen LogP contribution in [0.1, 0.15) is 6.42 Å². The fraction of sp³-hybridized carbons (Fsp3) is 0.467. The Kier molecular flexibility index (Phi) is 4.93. The highest BCUT2D eigenvalue weighted by Crippen LogP contribution is 2.37. The Hall–Kier alpha value is -2.17. The van der Waals surface area contributed by atoms with Crippen LogP contribution < -0.4 is 24.2 Å². The average molecular weight is 367 g/mol. The number of fused-ring (bicyclic) bond motifs is 1. The van der Waals surface area contributed by atoms with Crippen molar-refractivity contribution in [1.29, 1.82) is 0 Å². The van der Waals surface area contributed by atoms with Gasteiger partial charge in [0.2, 0.25) is 0 Å². The minimum atomic E-state index is -3.63. The summed E-state index contributed by atoms with van der Waals surface area (Å²) in [5.41, 5.74) is 0.751. The van der Waals surface area contributed by atoms with E-state index in [1.807, 2.05) is 12.1 Å². The summed E-state index contributed by atoms with van der Waals surface area (Å²) in [5.74, 6) is 2.51. The first-order valence-corrected chi connectivity index (χ1v) is 9.35. The van der Waals surface area contributed by atoms with Crippen LogP contribution in [0, 0.1) is 5.92 Å². The number of nitrogens with zero attached hydrogens (tertiary/aromatic N) is 3. The molecule has 1 saturated heterocycles. The van der Waals surface area contributed by atoms with E-state index in [-0.39, 0.29) is 0 Å². The van der Waals surface area contributed by atoms with E-state index in [1.165, 1.54) is 6.33 Å². The van der Waals surface area contributed by atoms with Crippen LogP contribution in [0.25, 0.3) is 10.9 Å². The lowest BCUT2D eigenvalue weighted by atomic mass is 9.96. The number of nitrogens with two attached hydrogens (primary N) is 1. The van der Waals surface area contributed by atoms with Gasteiger partial charge in [-0.25, -0.2) is 19.8 Å². The minimum absolute atomic E-state index is 0.336. The summed E-state index contributed by atoms with van der Waals surface area (Å²) in [7, 11) is -0.431. The SMILES string of the molecule is COc1cc(OC)c2c(N3CC(CCNS(N)(=O)=O)C3)ncnc2c1. The van der Waals surface area contributed by atoms with Crippen molar-refractivity contribution in [2.24, 2.45) is 11.1 Å². The second-order valence-electron chi connectivity index (χ2n) is 5.92. The Bertz CT molecular complexity index is 868. The summed E-state index contributed by atoms with van der Waals surface area (Å²) in [6.07, 6.45) is 2.24. The highest BCUT2D eigenvalue weighted by molar-refractivity contribution is 7.87. The van der Waals surface area contributed by atoms with Crippen molar-refractivity contribution in [2.75, 3.05) is 38.8 Å². The summed E-state index contributed by atoms with van der Waals surface area (Å²) in [6.45, 7) is 1.91. The molecule has 0 radical (unpaired) electrons. The molecule has 10 heteroatoms. The summed E-state index contributed by atoms with van der Waals surface area (Å²) in [5, 5.41) is 5.77. The van der Waals surface area contributed by atoms with E-state index in [0.717, 1.165) is 36.2 Å². The summed E-state index contributed by atoms with van der Waals surface area (Å²) in [4.78, 5) is 10.8. The molecule has 9 nitrogen and oxygen atoms in total. The highest BCUT2D eigenvalue weighted by Gasteiger charge is 2.29. The van der Waals surface area contributed by atoms with Crippen molar-refractivity contribution in [1.82, 2.24) is 14.7 Å². The Balaban J connectivity index is 1.75. The van der Waals surface area contributed by atoms with Gasteiger partial charge in [0.05, 0.1) is 25.1 Å². The van der Waals surface area contributed by atoms with Gasteiger partial charge in [0.15, 0.2) is 0 Å². The molecule has 2 heterocycles. The number of nitrogens with one attached hydrogen (secondary N) is 1. The molecule has 0 amide bonds. The molecule has 0 bridgehead atoms. The van der Waals surface area contributed by atoms with E-state index in [1.54, 1.807) is 14.2 Å². The molecular formula is C15H21N5O4S. The molecule has 0 aliphatic carbocycles. The second-order valence-corrected chi connectivity index (χ2v) is 7.30. The van der Waals surface area contributed by atoms with Crippen molar-refractivity contribution >= 4 is 26.9 Å². The molecule has 0 spiro atoms. The number of anilines is 1. The molecule has 0 saturated carbocycles. The van der Waals surface area contributed by atoms with Crippen LogP contribution >= 0.6 is 0 Å². The Labute approximate surface area is 146 Å². The third-order valence-corrected chi connectivity index (χ3v) is 4.83. The molecule has 0 atom stereocenters. The van der Waals surface area contributed by atoms with E-state index in [2.05, 4.69) is 19.6 Å². The van der Waals surface area contributed by atoms with Crippen LogP contribution in [0.4, 0.5) is 5.82 Å². The Morgan fingerprint density at radius 3 is 2.68 bits per heavy atom. The molecule has 25 heavy (non-hydrogen) atoms. The summed E-state index contributed by atoms with van der Waals surface area (Å²) >= 11 is 0. The molecule has 1 aromatic heterocycles. The number of methoxy groups -OCH3 is 2. The molecular weight excluding hydrogens is 346 g/mol. The number of rotatable bonds is 7. The third kappa shape index (κ3) is 3.91. The van der Waals surface area contributed by atoms with Crippen LogP contribution in [0.15, 0.2) is 18.5 Å². The number of aromatic nitrogens is 2. The number of hydrogen-bond donors (Lipinski definition) is 2. The van der Waals surface area contributed by atoms with Crippen LogP contribution in [0.3, 0.4) is 0 Å². The Morgan fingerprint density at radius 2 is 2.04 bits per heavy atom. The lowest BCUT2D eigenvalue weighted by Crippen LogP contribution is -2.48. The van der Waals surface area contributed by atoms with Crippen molar-refractivity contribution < 1.29 is 17.9 Å². The van der Waals surface area contributed by atoms with E-state index in [9.17, 15) is 8.42 Å². The lowest BCUT2D eigenvalue weighted by Gasteiger charge is -2.40. The van der Waals surface area contributed by atoms with Crippen LogP contribution in [0.5, 0.6) is 11.5 Å². The minimum Gasteiger partial charge on any atom is -0.497 e. The van der Waals surface area contributed by atoms with Gasteiger partial charge in [-0.05, 0) is 12.3 Å². The van der Waals surface area contributed by atoms with Gasteiger partial charge in [-0.1, -0.05) is 0 Å². The zero-order valence-corrected chi connectivity index (χ0v) is 14.9. The standard InChI is InChI=1S/C15H21N5O4S/c1-23-11-5-12-14(13(6-11)24-2)15(18-9-17-12)20-7-10(8-20)3-4-19-25(16,21)22/h5-6,9-10,19H,3-4,7-8H2,1-2H3,(H2,16,21,22). The molecule has 1 fully saturated rings. The van der Waals surface area contributed by atoms with Crippen molar-refractivity contribution in [3.8, 4) is 11.5 Å². The van der Waals surface area contributed by atoms with Gasteiger partial charge in [0.1, 0.15) is 23.6 Å². The lowest BCUT2D eigenvalue weighted by molar-refractivity contribution is 0.380. The average Bonchev–Trinajstić information content (AvgIpc) is 2.54. The molecule has 2 aromatic rings. The normalized spacial score (nSPS) is 15.2. The Morgan fingerprint density at radius 1 is 1.28 bits per heavy atom. The topological polar surface area (TPSA) is 120 Å². The van der Waals surface area contributed by atoms with E-state index < -0.39 is 10.2 Å². The quantitative estimate of drug-likeness (QED) is 0.720. The van der Waals surface area contributed by atoms with E-state index in [4.69, 9.17) is 14.6 Å². The molecule has 3 rings (SSSR count). The van der Waals surface area contributed by atoms with Gasteiger partial charge in [-0.2, -0.15) is 8.42 Å². The second kappa shape index (κ2) is 6.98. The first-order chi connectivity index (χ1) is 11.9. The number of benzene rings is 1. The maximum atomic E-state index is 10.9. The summed E-state index contributed by atoms with van der Waals surface area (Å²) in [6, 6.07) is 3.65. The van der Waals surface area contributed by atoms with Crippen LogP contribution in [-0.2, 0) is 10.2 Å². The predicted molar refractivity (Wildman–Crippen MR) is 94.1 cm³/mol. The fourth-order valence-corrected chi connectivity index (χ4v) is 3.36. The zero-order valence-electron chi connectivity index (χ0n) is 14.1. The largest absolute Gasteiger partial charge is 0.497 e. The van der Waals surface area contributed by atoms with Gasteiger partial charge in [-0.15, -0.1) is 0 Å². The van der Waals surface area contributed by atoms with Gasteiger partial charge >= 0.3 is 0 Å². The van der Waals surface area contributed by atoms with Crippen LogP contribution in [-0.4, -0.2) is 52.2 Å². The van der Waals surface area contributed by atoms with Gasteiger partial charge in [-0.3, -0.25) is 0 Å². The fourth-order valence-electron chi connectivity index (χ4n) is 2.96. The van der Waals surface area contributed by atoms with Gasteiger partial charge < -0.3 is 14.4 Å². The van der Waals surface area contributed by atoms with E-state index in [0.29, 0.717) is 24.0 Å². The molecule has 3 N–H and O–H groups in total. The first-order valence-electron chi connectivity index (χ1n) is 7.80. The molecule has 0 unspecified atom stereocenters. The molecule has 136 valence electrons. The number of ether oxygens (including phenoxy) is 2. The first kappa shape index (κ1) is 17.6. The molecule has 1 aliphatic heterocycles. The van der Waals surface area contributed by atoms with Crippen molar-refractivity contribution in [3.05, 3.63) is 18.5 Å². The molecule has 1 aliphatic rings. The van der Waals surface area contributed by atoms with Crippen molar-refractivity contribution in [2.45, 2.75) is 6.42 Å². The van der Waals surface area contributed by atoms with Crippen LogP contribution in [0.2, 0.25) is 0 Å². The smallest absolute Gasteiger partial charge is 0.274 e. The maximum Gasteiger partial charge on any atom is 0.274 e. The highest BCUT2D eigenvalue weighted by atomic mass is 32.2. The van der Waals surface area contributed by atoms with Crippen molar-refractivity contribution in [3.63, 3.8) is 0 Å². The summed E-state index contributed by atoms with van der Waals surface area (Å²) < 4.78 is 34.8. The maximum absolute atomic E-state index is 10.9. The number of hydrogen-bond acceptors (Lipinski definition) is 7. The van der Waals surface area contributed by atoms with Gasteiger partial charge in [0, 0.05) is 31.8 Å². The monoisotopic (exact) mass is 367 g/mol.